The van der Waals surface area contributed by atoms with Gasteiger partial charge < -0.3 is 5.11 Å². The lowest BCUT2D eigenvalue weighted by Crippen LogP contribution is -2.24. The first-order valence-electron chi connectivity index (χ1n) is 7.53. The number of benzene rings is 2. The van der Waals surface area contributed by atoms with Crippen LogP contribution in [0.3, 0.4) is 0 Å². The van der Waals surface area contributed by atoms with Crippen LogP contribution < -0.4 is 0 Å². The van der Waals surface area contributed by atoms with Gasteiger partial charge in [-0.25, -0.2) is 17.5 Å². The van der Waals surface area contributed by atoms with Crippen LogP contribution in [0.5, 0.6) is 0 Å². The Morgan fingerprint density at radius 1 is 1.00 bits per heavy atom. The van der Waals surface area contributed by atoms with Crippen LogP contribution in [0, 0.1) is 0 Å². The van der Waals surface area contributed by atoms with E-state index in [0.29, 0.717) is 5.56 Å². The van der Waals surface area contributed by atoms with Crippen LogP contribution >= 0.6 is 0 Å². The van der Waals surface area contributed by atoms with Gasteiger partial charge in [-0.15, -0.1) is 0 Å². The average molecular weight is 361 g/mol. The third-order valence-corrected chi connectivity index (χ3v) is 5.05. The van der Waals surface area contributed by atoms with E-state index in [2.05, 4.69) is 0 Å². The molecule has 0 aromatic heterocycles. The van der Waals surface area contributed by atoms with Crippen molar-refractivity contribution >= 4 is 21.8 Å². The molecule has 0 aliphatic heterocycles. The molecule has 0 saturated heterocycles. The summed E-state index contributed by atoms with van der Waals surface area (Å²) < 4.78 is 24.2. The molecule has 25 heavy (non-hydrogen) atoms. The number of sulfonamides is 1. The van der Waals surface area contributed by atoms with E-state index in [9.17, 15) is 23.1 Å². The van der Waals surface area contributed by atoms with Gasteiger partial charge in [0.25, 0.3) is 0 Å². The molecule has 0 radical (unpaired) electrons. The van der Waals surface area contributed by atoms with Crippen molar-refractivity contribution in [1.82, 2.24) is 4.31 Å². The standard InChI is InChI=1S/C18H19NO5S/c1-19(25(2,23)24)12-14-7-5-6-13(10-14)11-17(20)15-8-3-4-9-16(15)18(21)22/h3-10H,11-12H2,1-2H3,(H,21,22). The van der Waals surface area contributed by atoms with Crippen LogP contribution in [-0.4, -0.2) is 42.9 Å². The fourth-order valence-electron chi connectivity index (χ4n) is 2.41. The fraction of sp³-hybridized carbons (Fsp3) is 0.222. The molecule has 2 rings (SSSR count). The highest BCUT2D eigenvalue weighted by molar-refractivity contribution is 7.88. The summed E-state index contributed by atoms with van der Waals surface area (Å²) in [7, 11) is -1.81. The summed E-state index contributed by atoms with van der Waals surface area (Å²) in [5.74, 6) is -1.45. The highest BCUT2D eigenvalue weighted by Gasteiger charge is 2.16. The molecular formula is C18H19NO5S. The van der Waals surface area contributed by atoms with Gasteiger partial charge in [0.2, 0.25) is 10.0 Å². The van der Waals surface area contributed by atoms with E-state index < -0.39 is 16.0 Å². The first kappa shape index (κ1) is 18.8. The first-order valence-corrected chi connectivity index (χ1v) is 9.38. The van der Waals surface area contributed by atoms with Crippen LogP contribution in [0.2, 0.25) is 0 Å². The second-order valence-corrected chi connectivity index (χ2v) is 7.88. The first-order chi connectivity index (χ1) is 11.7. The minimum atomic E-state index is -3.29. The average Bonchev–Trinajstić information content (AvgIpc) is 2.54. The van der Waals surface area contributed by atoms with Gasteiger partial charge >= 0.3 is 5.97 Å². The van der Waals surface area contributed by atoms with E-state index in [1.54, 1.807) is 36.4 Å². The highest BCUT2D eigenvalue weighted by atomic mass is 32.2. The maximum absolute atomic E-state index is 12.5. The molecule has 6 nitrogen and oxygen atoms in total. The smallest absolute Gasteiger partial charge is 0.336 e. The van der Waals surface area contributed by atoms with E-state index in [4.69, 9.17) is 0 Å². The SMILES string of the molecule is CN(Cc1cccc(CC(=O)c2ccccc2C(=O)O)c1)S(C)(=O)=O. The number of carbonyl (C=O) groups is 2. The predicted octanol–water partition coefficient (Wildman–Crippen LogP) is 2.20. The molecule has 0 atom stereocenters. The number of aromatic carboxylic acids is 1. The Hall–Kier alpha value is -2.51. The molecule has 0 fully saturated rings. The number of hydrogen-bond donors (Lipinski definition) is 1. The number of carboxylic acids is 1. The van der Waals surface area contributed by atoms with Crippen LogP contribution in [0.1, 0.15) is 31.8 Å². The summed E-state index contributed by atoms with van der Waals surface area (Å²) in [5, 5.41) is 9.19. The molecule has 0 heterocycles. The quantitative estimate of drug-likeness (QED) is 0.764. The maximum atomic E-state index is 12.5. The Labute approximate surface area is 146 Å². The van der Waals surface area contributed by atoms with E-state index in [1.165, 1.54) is 23.5 Å². The lowest BCUT2D eigenvalue weighted by Gasteiger charge is -2.14. The molecule has 0 spiro atoms. The van der Waals surface area contributed by atoms with Crippen molar-refractivity contribution in [3.63, 3.8) is 0 Å². The van der Waals surface area contributed by atoms with Crippen molar-refractivity contribution in [3.8, 4) is 0 Å². The van der Waals surface area contributed by atoms with Gasteiger partial charge in [0.05, 0.1) is 11.8 Å². The van der Waals surface area contributed by atoms with E-state index in [1.807, 2.05) is 0 Å². The van der Waals surface area contributed by atoms with Crippen molar-refractivity contribution in [2.45, 2.75) is 13.0 Å². The fourth-order valence-corrected chi connectivity index (χ4v) is 2.79. The number of rotatable bonds is 7. The van der Waals surface area contributed by atoms with Gasteiger partial charge in [0.15, 0.2) is 5.78 Å². The summed E-state index contributed by atoms with van der Waals surface area (Å²) in [5.41, 5.74) is 1.59. The van der Waals surface area contributed by atoms with Crippen LogP contribution in [0.4, 0.5) is 0 Å². The van der Waals surface area contributed by atoms with E-state index in [-0.39, 0.29) is 29.9 Å². The number of nitrogens with zero attached hydrogens (tertiary/aromatic N) is 1. The van der Waals surface area contributed by atoms with Crippen LogP contribution in [-0.2, 0) is 23.0 Å². The van der Waals surface area contributed by atoms with E-state index >= 15 is 0 Å². The number of Topliss-reactive ketones (excluding diaryl/α,β-unsaturated/α-hetero) is 1. The zero-order chi connectivity index (χ0) is 18.6. The third kappa shape index (κ3) is 4.98. The van der Waals surface area contributed by atoms with Gasteiger partial charge in [-0.2, -0.15) is 0 Å². The lowest BCUT2D eigenvalue weighted by molar-refractivity contribution is 0.0692. The van der Waals surface area contributed by atoms with Gasteiger partial charge in [0.1, 0.15) is 0 Å². The summed E-state index contributed by atoms with van der Waals surface area (Å²) in [4.78, 5) is 23.7. The van der Waals surface area contributed by atoms with Crippen molar-refractivity contribution < 1.29 is 23.1 Å². The monoisotopic (exact) mass is 361 g/mol. The molecule has 2 aromatic rings. The largest absolute Gasteiger partial charge is 0.478 e. The lowest BCUT2D eigenvalue weighted by atomic mass is 9.97. The molecule has 0 aliphatic carbocycles. The summed E-state index contributed by atoms with van der Waals surface area (Å²) >= 11 is 0. The van der Waals surface area contributed by atoms with Crippen molar-refractivity contribution in [2.24, 2.45) is 0 Å². The molecule has 0 saturated carbocycles. The Bertz CT molecular complexity index is 905. The molecule has 2 aromatic carbocycles. The number of carbonyl (C=O) groups excluding carboxylic acids is 1. The number of carboxylic acid groups (broad SMARTS) is 1. The molecular weight excluding hydrogens is 342 g/mol. The topological polar surface area (TPSA) is 91.8 Å². The second-order valence-electron chi connectivity index (χ2n) is 5.79. The zero-order valence-electron chi connectivity index (χ0n) is 14.0. The predicted molar refractivity (Wildman–Crippen MR) is 94.2 cm³/mol. The minimum Gasteiger partial charge on any atom is -0.478 e. The van der Waals surface area contributed by atoms with Gasteiger partial charge in [0, 0.05) is 25.6 Å². The normalized spacial score (nSPS) is 11.5. The zero-order valence-corrected chi connectivity index (χ0v) is 14.8. The highest BCUT2D eigenvalue weighted by Crippen LogP contribution is 2.15. The van der Waals surface area contributed by atoms with Gasteiger partial charge in [-0.3, -0.25) is 4.79 Å². The molecule has 0 amide bonds. The minimum absolute atomic E-state index is 0.0273. The van der Waals surface area contributed by atoms with Crippen molar-refractivity contribution in [3.05, 3.63) is 70.8 Å². The van der Waals surface area contributed by atoms with Gasteiger partial charge in [-0.05, 0) is 17.2 Å². The summed E-state index contributed by atoms with van der Waals surface area (Å²) in [6.07, 6.45) is 1.17. The van der Waals surface area contributed by atoms with Crippen LogP contribution in [0.25, 0.3) is 0 Å². The molecule has 0 bridgehead atoms. The van der Waals surface area contributed by atoms with E-state index in [0.717, 1.165) is 11.8 Å². The Balaban J connectivity index is 2.20. The van der Waals surface area contributed by atoms with Crippen molar-refractivity contribution in [1.29, 1.82) is 0 Å². The Kier molecular flexibility index (Phi) is 5.71. The Morgan fingerprint density at radius 2 is 1.60 bits per heavy atom. The van der Waals surface area contributed by atoms with Crippen molar-refractivity contribution in [2.75, 3.05) is 13.3 Å². The Morgan fingerprint density at radius 3 is 2.20 bits per heavy atom. The van der Waals surface area contributed by atoms with Crippen LogP contribution in [0.15, 0.2) is 48.5 Å². The molecule has 0 aliphatic rings. The molecule has 0 unspecified atom stereocenters. The third-order valence-electron chi connectivity index (χ3n) is 3.79. The number of hydrogen-bond acceptors (Lipinski definition) is 4. The van der Waals surface area contributed by atoms with Gasteiger partial charge in [-0.1, -0.05) is 42.5 Å². The summed E-state index contributed by atoms with van der Waals surface area (Å²) in [6, 6.07) is 13.1. The molecule has 1 N–H and O–H groups in total. The molecule has 7 heteroatoms. The second kappa shape index (κ2) is 7.58. The molecule has 132 valence electrons. The summed E-state index contributed by atoms with van der Waals surface area (Å²) in [6.45, 7) is 0.201. The number of ketones is 1. The maximum Gasteiger partial charge on any atom is 0.336 e.